The van der Waals surface area contributed by atoms with E-state index in [1.54, 1.807) is 0 Å². The second-order valence-corrected chi connectivity index (χ2v) is 4.16. The lowest BCUT2D eigenvalue weighted by Gasteiger charge is -2.09. The number of hydrogen-bond donors (Lipinski definition) is 0. The zero-order valence-electron chi connectivity index (χ0n) is 8.39. The molecule has 1 rings (SSSR count). The molecule has 0 N–H and O–H groups in total. The van der Waals surface area contributed by atoms with Crippen LogP contribution >= 0.6 is 11.6 Å². The SMILES string of the molecule is CCCC(C)Cc1ccc(Cl)cc1. The first-order chi connectivity index (χ1) is 6.22. The third-order valence-corrected chi connectivity index (χ3v) is 2.53. The Bertz CT molecular complexity index is 238. The molecule has 0 heterocycles. The molecule has 1 aromatic rings. The fraction of sp³-hybridized carbons (Fsp3) is 0.500. The Kier molecular flexibility index (Phi) is 4.31. The van der Waals surface area contributed by atoms with Crippen molar-refractivity contribution in [2.75, 3.05) is 0 Å². The standard InChI is InChI=1S/C12H17Cl/c1-3-4-10(2)9-11-5-7-12(13)8-6-11/h5-8,10H,3-4,9H2,1-2H3. The minimum Gasteiger partial charge on any atom is -0.0843 e. The van der Waals surface area contributed by atoms with Gasteiger partial charge in [0.1, 0.15) is 0 Å². The van der Waals surface area contributed by atoms with E-state index in [9.17, 15) is 0 Å². The molecule has 0 saturated heterocycles. The average molecular weight is 197 g/mol. The summed E-state index contributed by atoms with van der Waals surface area (Å²) in [5.74, 6) is 0.783. The quantitative estimate of drug-likeness (QED) is 0.673. The lowest BCUT2D eigenvalue weighted by atomic mass is 9.97. The van der Waals surface area contributed by atoms with E-state index in [0.29, 0.717) is 0 Å². The van der Waals surface area contributed by atoms with Gasteiger partial charge in [-0.25, -0.2) is 0 Å². The average Bonchev–Trinajstić information content (AvgIpc) is 2.09. The highest BCUT2D eigenvalue weighted by molar-refractivity contribution is 6.30. The van der Waals surface area contributed by atoms with Gasteiger partial charge in [-0.1, -0.05) is 50.4 Å². The molecule has 1 heteroatoms. The van der Waals surface area contributed by atoms with Crippen LogP contribution in [0.5, 0.6) is 0 Å². The van der Waals surface area contributed by atoms with E-state index in [1.807, 2.05) is 12.1 Å². The van der Waals surface area contributed by atoms with Gasteiger partial charge >= 0.3 is 0 Å². The van der Waals surface area contributed by atoms with Crippen molar-refractivity contribution in [1.29, 1.82) is 0 Å². The molecule has 0 aliphatic heterocycles. The molecule has 13 heavy (non-hydrogen) atoms. The van der Waals surface area contributed by atoms with Crippen LogP contribution in [0.4, 0.5) is 0 Å². The summed E-state index contributed by atoms with van der Waals surface area (Å²) in [6, 6.07) is 8.17. The number of hydrogen-bond acceptors (Lipinski definition) is 0. The minimum atomic E-state index is 0.783. The predicted molar refractivity (Wildman–Crippen MR) is 59.2 cm³/mol. The summed E-state index contributed by atoms with van der Waals surface area (Å²) in [4.78, 5) is 0. The van der Waals surface area contributed by atoms with E-state index in [-0.39, 0.29) is 0 Å². The van der Waals surface area contributed by atoms with Gasteiger partial charge in [-0.2, -0.15) is 0 Å². The monoisotopic (exact) mass is 196 g/mol. The van der Waals surface area contributed by atoms with Gasteiger partial charge in [0.15, 0.2) is 0 Å². The lowest BCUT2D eigenvalue weighted by molar-refractivity contribution is 0.522. The summed E-state index contributed by atoms with van der Waals surface area (Å²) in [5, 5.41) is 0.826. The van der Waals surface area contributed by atoms with Crippen LogP contribution < -0.4 is 0 Å². The lowest BCUT2D eigenvalue weighted by Crippen LogP contribution is -1.98. The largest absolute Gasteiger partial charge is 0.0843 e. The second-order valence-electron chi connectivity index (χ2n) is 3.72. The van der Waals surface area contributed by atoms with Crippen LogP contribution in [0.15, 0.2) is 24.3 Å². The van der Waals surface area contributed by atoms with E-state index in [1.165, 1.54) is 24.8 Å². The molecule has 0 spiro atoms. The Morgan fingerprint density at radius 1 is 1.23 bits per heavy atom. The third kappa shape index (κ3) is 3.82. The molecule has 0 nitrogen and oxygen atoms in total. The van der Waals surface area contributed by atoms with E-state index >= 15 is 0 Å². The minimum absolute atomic E-state index is 0.783. The van der Waals surface area contributed by atoms with Crippen molar-refractivity contribution in [3.63, 3.8) is 0 Å². The molecule has 1 aromatic carbocycles. The molecular weight excluding hydrogens is 180 g/mol. The summed E-state index contributed by atoms with van der Waals surface area (Å²) in [5.41, 5.74) is 1.39. The van der Waals surface area contributed by atoms with Crippen LogP contribution in [0, 0.1) is 5.92 Å². The van der Waals surface area contributed by atoms with Crippen LogP contribution in [-0.2, 0) is 6.42 Å². The number of rotatable bonds is 4. The van der Waals surface area contributed by atoms with Crippen LogP contribution in [-0.4, -0.2) is 0 Å². The highest BCUT2D eigenvalue weighted by atomic mass is 35.5. The van der Waals surface area contributed by atoms with Crippen molar-refractivity contribution in [2.45, 2.75) is 33.1 Å². The predicted octanol–water partition coefficient (Wildman–Crippen LogP) is 4.32. The van der Waals surface area contributed by atoms with Crippen molar-refractivity contribution in [3.8, 4) is 0 Å². The second kappa shape index (κ2) is 5.29. The highest BCUT2D eigenvalue weighted by Gasteiger charge is 2.01. The molecule has 0 aliphatic carbocycles. The zero-order chi connectivity index (χ0) is 9.68. The van der Waals surface area contributed by atoms with Gasteiger partial charge in [-0.05, 0) is 30.0 Å². The molecule has 0 aliphatic rings. The Morgan fingerprint density at radius 2 is 1.85 bits per heavy atom. The van der Waals surface area contributed by atoms with Gasteiger partial charge < -0.3 is 0 Å². The summed E-state index contributed by atoms with van der Waals surface area (Å²) >= 11 is 5.81. The van der Waals surface area contributed by atoms with Crippen LogP contribution in [0.2, 0.25) is 5.02 Å². The molecule has 0 saturated carbocycles. The van der Waals surface area contributed by atoms with Crippen LogP contribution in [0.1, 0.15) is 32.3 Å². The van der Waals surface area contributed by atoms with Gasteiger partial charge in [0.25, 0.3) is 0 Å². The fourth-order valence-corrected chi connectivity index (χ4v) is 1.74. The van der Waals surface area contributed by atoms with Crippen molar-refractivity contribution in [1.82, 2.24) is 0 Å². The van der Waals surface area contributed by atoms with Gasteiger partial charge in [-0.3, -0.25) is 0 Å². The first-order valence-corrected chi connectivity index (χ1v) is 5.34. The maximum atomic E-state index is 5.81. The smallest absolute Gasteiger partial charge is 0.0406 e. The molecule has 0 bridgehead atoms. The topological polar surface area (TPSA) is 0 Å². The molecule has 72 valence electrons. The molecule has 0 radical (unpaired) electrons. The highest BCUT2D eigenvalue weighted by Crippen LogP contribution is 2.15. The van der Waals surface area contributed by atoms with Gasteiger partial charge in [0, 0.05) is 5.02 Å². The number of benzene rings is 1. The van der Waals surface area contributed by atoms with Crippen molar-refractivity contribution >= 4 is 11.6 Å². The van der Waals surface area contributed by atoms with Crippen LogP contribution in [0.25, 0.3) is 0 Å². The van der Waals surface area contributed by atoms with Gasteiger partial charge in [0.2, 0.25) is 0 Å². The van der Waals surface area contributed by atoms with Gasteiger partial charge in [-0.15, -0.1) is 0 Å². The Labute approximate surface area is 85.9 Å². The molecule has 0 aromatic heterocycles. The third-order valence-electron chi connectivity index (χ3n) is 2.28. The Balaban J connectivity index is 2.49. The normalized spacial score (nSPS) is 12.8. The molecule has 0 fully saturated rings. The summed E-state index contributed by atoms with van der Waals surface area (Å²) in [7, 11) is 0. The Hall–Kier alpha value is -0.490. The van der Waals surface area contributed by atoms with E-state index in [0.717, 1.165) is 10.9 Å². The first-order valence-electron chi connectivity index (χ1n) is 4.96. The maximum Gasteiger partial charge on any atom is 0.0406 e. The Morgan fingerprint density at radius 3 is 2.38 bits per heavy atom. The van der Waals surface area contributed by atoms with Crippen LogP contribution in [0.3, 0.4) is 0 Å². The summed E-state index contributed by atoms with van der Waals surface area (Å²) in [6.07, 6.45) is 3.75. The van der Waals surface area contributed by atoms with Gasteiger partial charge in [0.05, 0.1) is 0 Å². The summed E-state index contributed by atoms with van der Waals surface area (Å²) < 4.78 is 0. The van der Waals surface area contributed by atoms with E-state index in [4.69, 9.17) is 11.6 Å². The zero-order valence-corrected chi connectivity index (χ0v) is 9.14. The molecule has 1 unspecified atom stereocenters. The molecular formula is C12H17Cl. The molecule has 1 atom stereocenters. The molecule has 0 amide bonds. The van der Waals surface area contributed by atoms with E-state index < -0.39 is 0 Å². The number of halogens is 1. The first kappa shape index (κ1) is 10.6. The summed E-state index contributed by atoms with van der Waals surface area (Å²) in [6.45, 7) is 4.54. The fourth-order valence-electron chi connectivity index (χ4n) is 1.62. The van der Waals surface area contributed by atoms with E-state index in [2.05, 4.69) is 26.0 Å². The van der Waals surface area contributed by atoms with Crippen molar-refractivity contribution < 1.29 is 0 Å². The van der Waals surface area contributed by atoms with Crippen molar-refractivity contribution in [2.24, 2.45) is 5.92 Å². The van der Waals surface area contributed by atoms with Crippen molar-refractivity contribution in [3.05, 3.63) is 34.9 Å². The maximum absolute atomic E-state index is 5.81.